The summed E-state index contributed by atoms with van der Waals surface area (Å²) in [5.41, 5.74) is 28.3. The Morgan fingerprint density at radius 2 is 0.487 bits per heavy atom. The highest BCUT2D eigenvalue weighted by Crippen LogP contribution is 2.59. The Labute approximate surface area is 471 Å². The molecule has 0 atom stereocenters. The number of benzene rings is 12. The van der Waals surface area contributed by atoms with E-state index >= 15 is 0 Å². The predicted molar refractivity (Wildman–Crippen MR) is 335 cm³/mol. The molecular formula is C78H60N2. The van der Waals surface area contributed by atoms with Crippen LogP contribution in [0, 0.1) is 27.7 Å². The Balaban J connectivity index is 0.884. The van der Waals surface area contributed by atoms with E-state index in [-0.39, 0.29) is 0 Å². The van der Waals surface area contributed by atoms with Crippen LogP contribution < -0.4 is 9.80 Å². The molecule has 80 heavy (non-hydrogen) atoms. The lowest BCUT2D eigenvalue weighted by molar-refractivity contribution is 0.768. The molecule has 0 N–H and O–H groups in total. The van der Waals surface area contributed by atoms with Crippen molar-refractivity contribution in [2.75, 3.05) is 9.80 Å². The van der Waals surface area contributed by atoms with Crippen LogP contribution >= 0.6 is 0 Å². The van der Waals surface area contributed by atoms with Gasteiger partial charge in [0.1, 0.15) is 0 Å². The smallest absolute Gasteiger partial charge is 0.0714 e. The molecule has 2 aliphatic carbocycles. The minimum Gasteiger partial charge on any atom is -0.310 e. The first kappa shape index (κ1) is 48.6. The van der Waals surface area contributed by atoms with E-state index in [1.807, 2.05) is 0 Å². The van der Waals surface area contributed by atoms with E-state index in [4.69, 9.17) is 0 Å². The lowest BCUT2D eigenvalue weighted by Gasteiger charge is -2.35. The van der Waals surface area contributed by atoms with E-state index in [1.165, 1.54) is 100 Å². The fourth-order valence-corrected chi connectivity index (χ4v) is 13.8. The molecule has 0 aromatic heterocycles. The van der Waals surface area contributed by atoms with Crippen molar-refractivity contribution in [3.63, 3.8) is 0 Å². The summed E-state index contributed by atoms with van der Waals surface area (Å²) in [7, 11) is 0. The van der Waals surface area contributed by atoms with Gasteiger partial charge < -0.3 is 9.80 Å². The Morgan fingerprint density at radius 3 is 0.825 bits per heavy atom. The first-order valence-corrected chi connectivity index (χ1v) is 28.0. The van der Waals surface area contributed by atoms with Crippen LogP contribution in [0.4, 0.5) is 34.1 Å². The highest BCUT2D eigenvalue weighted by atomic mass is 15.2. The first-order chi connectivity index (χ1) is 39.3. The third kappa shape index (κ3) is 7.54. The summed E-state index contributed by atoms with van der Waals surface area (Å²) >= 11 is 0. The molecule has 0 fully saturated rings. The van der Waals surface area contributed by atoms with Gasteiger partial charge in [0.2, 0.25) is 0 Å². The van der Waals surface area contributed by atoms with E-state index in [1.54, 1.807) is 0 Å². The van der Waals surface area contributed by atoms with Crippen molar-refractivity contribution in [2.45, 2.75) is 38.5 Å². The summed E-state index contributed by atoms with van der Waals surface area (Å²) in [4.78, 5) is 4.93. The lowest BCUT2D eigenvalue weighted by atomic mass is 9.67. The van der Waals surface area contributed by atoms with Crippen LogP contribution in [0.15, 0.2) is 291 Å². The minimum atomic E-state index is -0.512. The number of nitrogens with zero attached hydrogens (tertiary/aromatic N) is 2. The molecule has 0 saturated heterocycles. The van der Waals surface area contributed by atoms with Crippen LogP contribution in [0.2, 0.25) is 0 Å². The molecule has 14 rings (SSSR count). The molecule has 0 bridgehead atoms. The van der Waals surface area contributed by atoms with Crippen LogP contribution in [0.25, 0.3) is 33.4 Å². The molecule has 0 spiro atoms. The van der Waals surface area contributed by atoms with Crippen molar-refractivity contribution in [1.82, 2.24) is 0 Å². The van der Waals surface area contributed by atoms with E-state index in [9.17, 15) is 0 Å². The number of rotatable bonds is 11. The molecule has 12 aromatic carbocycles. The van der Waals surface area contributed by atoms with Gasteiger partial charge in [0.25, 0.3) is 0 Å². The third-order valence-electron chi connectivity index (χ3n) is 17.3. The molecule has 0 radical (unpaired) electrons. The Hall–Kier alpha value is -9.76. The number of hydrogen-bond donors (Lipinski definition) is 0. The van der Waals surface area contributed by atoms with Crippen molar-refractivity contribution in [2.24, 2.45) is 0 Å². The quantitative estimate of drug-likeness (QED) is 0.127. The number of aryl methyl sites for hydroxylation is 4. The van der Waals surface area contributed by atoms with Gasteiger partial charge in [-0.2, -0.15) is 0 Å². The van der Waals surface area contributed by atoms with Gasteiger partial charge in [-0.3, -0.25) is 0 Å². The van der Waals surface area contributed by atoms with Crippen molar-refractivity contribution < 1.29 is 0 Å². The fraction of sp³-hybridized carbons (Fsp3) is 0.0769. The minimum absolute atomic E-state index is 0.512. The zero-order chi connectivity index (χ0) is 54.0. The maximum atomic E-state index is 2.47. The van der Waals surface area contributed by atoms with E-state index < -0.39 is 10.8 Å². The Kier molecular flexibility index (Phi) is 11.9. The number of hydrogen-bond acceptors (Lipinski definition) is 2. The molecule has 0 amide bonds. The van der Waals surface area contributed by atoms with Crippen molar-refractivity contribution >= 4 is 34.1 Å². The first-order valence-electron chi connectivity index (χ1n) is 28.0. The van der Waals surface area contributed by atoms with Gasteiger partial charge in [-0.1, -0.05) is 231 Å². The van der Waals surface area contributed by atoms with E-state index in [0.717, 1.165) is 34.1 Å². The molecule has 382 valence electrons. The van der Waals surface area contributed by atoms with Gasteiger partial charge in [0, 0.05) is 34.1 Å². The Morgan fingerprint density at radius 1 is 0.212 bits per heavy atom. The summed E-state index contributed by atoms with van der Waals surface area (Å²) in [6, 6.07) is 108. The third-order valence-corrected chi connectivity index (χ3v) is 17.3. The zero-order valence-electron chi connectivity index (χ0n) is 45.6. The number of fused-ring (bicyclic) bond motifs is 6. The molecule has 2 nitrogen and oxygen atoms in total. The second kappa shape index (κ2) is 19.6. The SMILES string of the molecule is Cc1cc(N(c2ccc3c(c2)C(c2ccccc2)(c2ccccc2)c2ccccc2-3)c2ccccc2C)ccc1-c1ccc(N(c2ccc3c(c2)C(c2ccccc2)(c2ccccc2)c2ccccc2-3)c2ccccc2C)cc1C. The molecule has 12 aromatic rings. The Bertz CT molecular complexity index is 3930. The summed E-state index contributed by atoms with van der Waals surface area (Å²) in [5.74, 6) is 0. The van der Waals surface area contributed by atoms with Gasteiger partial charge in [0.05, 0.1) is 10.8 Å². The van der Waals surface area contributed by atoms with Crippen LogP contribution in [0.3, 0.4) is 0 Å². The number of para-hydroxylation sites is 2. The lowest BCUT2D eigenvalue weighted by Crippen LogP contribution is -2.28. The predicted octanol–water partition coefficient (Wildman–Crippen LogP) is 20.3. The van der Waals surface area contributed by atoms with Crippen LogP contribution in [0.1, 0.15) is 66.8 Å². The second-order valence-electron chi connectivity index (χ2n) is 21.8. The van der Waals surface area contributed by atoms with E-state index in [2.05, 4.69) is 329 Å². The highest BCUT2D eigenvalue weighted by Gasteiger charge is 2.48. The molecule has 0 saturated carbocycles. The zero-order valence-corrected chi connectivity index (χ0v) is 45.6. The van der Waals surface area contributed by atoms with Crippen molar-refractivity contribution in [3.8, 4) is 33.4 Å². The van der Waals surface area contributed by atoms with Gasteiger partial charge in [-0.25, -0.2) is 0 Å². The fourth-order valence-electron chi connectivity index (χ4n) is 13.8. The molecule has 0 aliphatic heterocycles. The highest BCUT2D eigenvalue weighted by molar-refractivity contribution is 5.93. The van der Waals surface area contributed by atoms with Gasteiger partial charge in [-0.15, -0.1) is 0 Å². The molecular weight excluding hydrogens is 965 g/mol. The standard InChI is InChI=1S/C78H60N2/c1-53-25-17-23-39-75(53)79(63-43-47-69-67-35-19-21-37-71(67)77(73(69)51-63,57-27-9-5-10-28-57)58-29-11-6-12-30-58)61-41-45-65(55(3)49-61)66-46-42-62(50-56(66)4)80(76-40-24-18-26-54(76)2)64-44-48-70-68-36-20-22-38-72(68)78(74(70)52-64,59-31-13-7-14-32-59)60-33-15-8-16-34-60/h5-52H,1-4H3. The average Bonchev–Trinajstić information content (AvgIpc) is 4.20. The van der Waals surface area contributed by atoms with Gasteiger partial charge in [-0.05, 0) is 189 Å². The van der Waals surface area contributed by atoms with Gasteiger partial charge >= 0.3 is 0 Å². The molecule has 2 aliphatic rings. The molecule has 2 heteroatoms. The monoisotopic (exact) mass is 1020 g/mol. The van der Waals surface area contributed by atoms with Crippen molar-refractivity contribution in [1.29, 1.82) is 0 Å². The van der Waals surface area contributed by atoms with Crippen LogP contribution in [-0.2, 0) is 10.8 Å². The second-order valence-corrected chi connectivity index (χ2v) is 21.8. The number of anilines is 6. The summed E-state index contributed by atoms with van der Waals surface area (Å²) < 4.78 is 0. The van der Waals surface area contributed by atoms with E-state index in [0.29, 0.717) is 0 Å². The topological polar surface area (TPSA) is 6.48 Å². The molecule has 0 unspecified atom stereocenters. The van der Waals surface area contributed by atoms with Crippen LogP contribution in [-0.4, -0.2) is 0 Å². The summed E-state index contributed by atoms with van der Waals surface area (Å²) in [6.07, 6.45) is 0. The van der Waals surface area contributed by atoms with Gasteiger partial charge in [0.15, 0.2) is 0 Å². The molecule has 0 heterocycles. The average molecular weight is 1030 g/mol. The maximum absolute atomic E-state index is 2.47. The maximum Gasteiger partial charge on any atom is 0.0714 e. The normalized spacial score (nSPS) is 13.2. The largest absolute Gasteiger partial charge is 0.310 e. The summed E-state index contributed by atoms with van der Waals surface area (Å²) in [6.45, 7) is 8.98. The van der Waals surface area contributed by atoms with Crippen molar-refractivity contribution in [3.05, 3.63) is 358 Å². The summed E-state index contributed by atoms with van der Waals surface area (Å²) in [5, 5.41) is 0. The van der Waals surface area contributed by atoms with Crippen LogP contribution in [0.5, 0.6) is 0 Å².